The van der Waals surface area contributed by atoms with Gasteiger partial charge in [0.25, 0.3) is 0 Å². The number of pyridine rings is 1. The quantitative estimate of drug-likeness (QED) is 0.668. The summed E-state index contributed by atoms with van der Waals surface area (Å²) in [7, 11) is 0. The normalized spacial score (nSPS) is 10.9. The summed E-state index contributed by atoms with van der Waals surface area (Å²) >= 11 is 2.25. The van der Waals surface area contributed by atoms with Gasteiger partial charge >= 0.3 is 0 Å². The van der Waals surface area contributed by atoms with E-state index in [1.54, 1.807) is 12.3 Å². The zero-order valence-corrected chi connectivity index (χ0v) is 10.9. The fourth-order valence-electron chi connectivity index (χ4n) is 1.80. The first-order valence-electron chi connectivity index (χ1n) is 5.12. The molecule has 0 aliphatic rings. The molecule has 0 radical (unpaired) electrons. The van der Waals surface area contributed by atoms with E-state index < -0.39 is 0 Å². The Morgan fingerprint density at radius 1 is 1.18 bits per heavy atom. The average Bonchev–Trinajstić information content (AvgIpc) is 2.71. The van der Waals surface area contributed by atoms with Gasteiger partial charge in [0.2, 0.25) is 0 Å². The highest BCUT2D eigenvalue weighted by Gasteiger charge is 2.05. The second-order valence-corrected chi connectivity index (χ2v) is 4.93. The van der Waals surface area contributed by atoms with Crippen molar-refractivity contribution in [3.63, 3.8) is 0 Å². The molecule has 84 valence electrons. The number of nitrogens with zero attached hydrogens (tertiary/aromatic N) is 1. The molecule has 4 heteroatoms. The molecule has 0 unspecified atom stereocenters. The van der Waals surface area contributed by atoms with Crippen LogP contribution in [0.2, 0.25) is 0 Å². The Morgan fingerprint density at radius 2 is 2.06 bits per heavy atom. The highest BCUT2D eigenvalue weighted by molar-refractivity contribution is 14.1. The van der Waals surface area contributed by atoms with Crippen molar-refractivity contribution in [1.29, 1.82) is 0 Å². The van der Waals surface area contributed by atoms with E-state index in [2.05, 4.69) is 32.6 Å². The molecular weight excluding hydrogens is 330 g/mol. The number of H-pyrrole nitrogens is 1. The second-order valence-electron chi connectivity index (χ2n) is 3.77. The fraction of sp³-hybridized carbons (Fsp3) is 0. The molecule has 0 saturated heterocycles. The highest BCUT2D eigenvalue weighted by Crippen LogP contribution is 2.25. The van der Waals surface area contributed by atoms with Crippen molar-refractivity contribution in [3.8, 4) is 11.1 Å². The van der Waals surface area contributed by atoms with Crippen molar-refractivity contribution < 1.29 is 4.39 Å². The topological polar surface area (TPSA) is 28.7 Å². The molecule has 0 saturated carbocycles. The molecule has 2 nitrogen and oxygen atoms in total. The minimum atomic E-state index is -0.230. The van der Waals surface area contributed by atoms with Crippen LogP contribution in [-0.4, -0.2) is 9.97 Å². The minimum absolute atomic E-state index is 0.230. The highest BCUT2D eigenvalue weighted by atomic mass is 127. The summed E-state index contributed by atoms with van der Waals surface area (Å²) in [5.41, 5.74) is 2.63. The minimum Gasteiger partial charge on any atom is -0.345 e. The van der Waals surface area contributed by atoms with E-state index in [1.165, 1.54) is 12.1 Å². The van der Waals surface area contributed by atoms with Crippen molar-refractivity contribution in [1.82, 2.24) is 9.97 Å². The molecule has 0 aliphatic heterocycles. The average molecular weight is 338 g/mol. The maximum atomic E-state index is 13.2. The first-order chi connectivity index (χ1) is 8.24. The molecule has 3 rings (SSSR count). The Bertz CT molecular complexity index is 691. The number of aromatic amines is 1. The van der Waals surface area contributed by atoms with E-state index in [4.69, 9.17) is 0 Å². The summed E-state index contributed by atoms with van der Waals surface area (Å²) in [6, 6.07) is 8.57. The largest absolute Gasteiger partial charge is 0.345 e. The van der Waals surface area contributed by atoms with Crippen molar-refractivity contribution in [2.75, 3.05) is 0 Å². The number of nitrogens with one attached hydrogen (secondary N) is 1. The van der Waals surface area contributed by atoms with Crippen molar-refractivity contribution in [2.45, 2.75) is 0 Å². The molecule has 0 bridgehead atoms. The van der Waals surface area contributed by atoms with Gasteiger partial charge in [-0.2, -0.15) is 0 Å². The smallest absolute Gasteiger partial charge is 0.138 e. The van der Waals surface area contributed by atoms with Gasteiger partial charge in [0.1, 0.15) is 11.5 Å². The second kappa shape index (κ2) is 4.10. The van der Waals surface area contributed by atoms with Gasteiger partial charge in [0.15, 0.2) is 0 Å². The molecular formula is C13H8FIN2. The van der Waals surface area contributed by atoms with Crippen LogP contribution >= 0.6 is 22.6 Å². The number of aromatic nitrogens is 2. The molecule has 2 aromatic heterocycles. The first-order valence-corrected chi connectivity index (χ1v) is 6.20. The number of rotatable bonds is 1. The summed E-state index contributed by atoms with van der Waals surface area (Å²) in [5, 5.41) is 1.06. The van der Waals surface area contributed by atoms with Crippen LogP contribution in [-0.2, 0) is 0 Å². The van der Waals surface area contributed by atoms with E-state index >= 15 is 0 Å². The zero-order valence-electron chi connectivity index (χ0n) is 8.74. The van der Waals surface area contributed by atoms with Gasteiger partial charge in [-0.15, -0.1) is 0 Å². The molecule has 0 aliphatic carbocycles. The van der Waals surface area contributed by atoms with Crippen LogP contribution < -0.4 is 0 Å². The predicted molar refractivity (Wildman–Crippen MR) is 74.2 cm³/mol. The van der Waals surface area contributed by atoms with Crippen molar-refractivity contribution >= 4 is 33.6 Å². The van der Waals surface area contributed by atoms with Crippen molar-refractivity contribution in [3.05, 3.63) is 52.1 Å². The van der Waals surface area contributed by atoms with Gasteiger partial charge in [-0.3, -0.25) is 0 Å². The maximum Gasteiger partial charge on any atom is 0.138 e. The number of halogens is 2. The fourth-order valence-corrected chi connectivity index (χ4v) is 2.36. The molecule has 1 aromatic carbocycles. The SMILES string of the molecule is Fc1cccc(-c2cnc3[nH]cc(I)c3c2)c1. The van der Waals surface area contributed by atoms with Crippen molar-refractivity contribution in [2.24, 2.45) is 0 Å². The predicted octanol–water partition coefficient (Wildman–Crippen LogP) is 3.97. The lowest BCUT2D eigenvalue weighted by Gasteiger charge is -2.01. The molecule has 2 heterocycles. The molecule has 0 atom stereocenters. The monoisotopic (exact) mass is 338 g/mol. The van der Waals surface area contributed by atoms with E-state index in [0.29, 0.717) is 0 Å². The first kappa shape index (κ1) is 10.7. The molecule has 0 spiro atoms. The molecule has 17 heavy (non-hydrogen) atoms. The number of benzene rings is 1. The van der Waals surface area contributed by atoms with Gasteiger partial charge in [-0.1, -0.05) is 12.1 Å². The van der Waals surface area contributed by atoms with Gasteiger partial charge in [-0.05, 0) is 46.4 Å². The third-order valence-electron chi connectivity index (χ3n) is 2.64. The lowest BCUT2D eigenvalue weighted by Crippen LogP contribution is -1.83. The molecule has 1 N–H and O–H groups in total. The van der Waals surface area contributed by atoms with E-state index in [9.17, 15) is 4.39 Å². The van der Waals surface area contributed by atoms with Gasteiger partial charge in [0.05, 0.1) is 0 Å². The van der Waals surface area contributed by atoms with Gasteiger partial charge in [0, 0.05) is 26.9 Å². The summed E-state index contributed by atoms with van der Waals surface area (Å²) in [4.78, 5) is 7.41. The Hall–Kier alpha value is -1.43. The number of fused-ring (bicyclic) bond motifs is 1. The molecule has 0 fully saturated rings. The third-order valence-corrected chi connectivity index (χ3v) is 3.53. The standard InChI is InChI=1S/C13H8FIN2/c14-10-3-1-2-8(4-10)9-5-11-12(15)7-17-13(11)16-6-9/h1-7H,(H,16,17). The van der Waals surface area contributed by atoms with Gasteiger partial charge < -0.3 is 4.98 Å². The van der Waals surface area contributed by atoms with Crippen LogP contribution in [0.1, 0.15) is 0 Å². The Balaban J connectivity index is 2.20. The summed E-state index contributed by atoms with van der Waals surface area (Å²) in [5.74, 6) is -0.230. The summed E-state index contributed by atoms with van der Waals surface area (Å²) in [6.07, 6.45) is 3.66. The van der Waals surface area contributed by atoms with Crippen LogP contribution in [0.25, 0.3) is 22.2 Å². The van der Waals surface area contributed by atoms with Crippen LogP contribution in [0.15, 0.2) is 42.7 Å². The third kappa shape index (κ3) is 1.93. The Morgan fingerprint density at radius 3 is 2.88 bits per heavy atom. The zero-order chi connectivity index (χ0) is 11.8. The lowest BCUT2D eigenvalue weighted by molar-refractivity contribution is 0.628. The maximum absolute atomic E-state index is 13.2. The Labute approximate surface area is 111 Å². The van der Waals surface area contributed by atoms with Crippen LogP contribution in [0, 0.1) is 9.39 Å². The number of hydrogen-bond donors (Lipinski definition) is 1. The molecule has 3 aromatic rings. The van der Waals surface area contributed by atoms with E-state index in [-0.39, 0.29) is 5.82 Å². The Kier molecular flexibility index (Phi) is 2.58. The van der Waals surface area contributed by atoms with Crippen LogP contribution in [0.4, 0.5) is 4.39 Å². The number of hydrogen-bond acceptors (Lipinski definition) is 1. The van der Waals surface area contributed by atoms with Gasteiger partial charge in [-0.25, -0.2) is 9.37 Å². The summed E-state index contributed by atoms with van der Waals surface area (Å²) in [6.45, 7) is 0. The van der Waals surface area contributed by atoms with E-state index in [0.717, 1.165) is 25.7 Å². The lowest BCUT2D eigenvalue weighted by atomic mass is 10.1. The van der Waals surface area contributed by atoms with Crippen LogP contribution in [0.3, 0.4) is 0 Å². The molecule has 0 amide bonds. The summed E-state index contributed by atoms with van der Waals surface area (Å²) < 4.78 is 14.3. The van der Waals surface area contributed by atoms with E-state index in [1.807, 2.05) is 18.3 Å². The van der Waals surface area contributed by atoms with Crippen LogP contribution in [0.5, 0.6) is 0 Å².